The second-order valence-electron chi connectivity index (χ2n) is 2.71. The van der Waals surface area contributed by atoms with Gasteiger partial charge in [-0.15, -0.1) is 11.3 Å². The monoisotopic (exact) mass is 268 g/mol. The maximum absolute atomic E-state index is 8.64. The number of rotatable bonds is 3. The molecule has 82 valence electrons. The van der Waals surface area contributed by atoms with Gasteiger partial charge in [-0.25, -0.2) is 4.98 Å². The average Bonchev–Trinajstić information content (AvgIpc) is 2.94. The van der Waals surface area contributed by atoms with Crippen LogP contribution in [0.4, 0.5) is 0 Å². The molecular formula is C10H8N2OS3. The third-order valence-corrected chi connectivity index (χ3v) is 4.64. The summed E-state index contributed by atoms with van der Waals surface area (Å²) >= 11 is 4.73. The molecule has 0 unspecified atom stereocenters. The first-order chi connectivity index (χ1) is 7.90. The predicted octanol–water partition coefficient (Wildman–Crippen LogP) is 2.24. The highest BCUT2D eigenvalue weighted by Gasteiger charge is 2.04. The fraction of sp³-hybridized carbons (Fsp3) is 0.200. The van der Waals surface area contributed by atoms with E-state index >= 15 is 0 Å². The lowest BCUT2D eigenvalue weighted by atomic mass is 10.3. The maximum Gasteiger partial charge on any atom is 0.170 e. The number of thiophene rings is 1. The van der Waals surface area contributed by atoms with Gasteiger partial charge in [-0.1, -0.05) is 23.6 Å². The summed E-state index contributed by atoms with van der Waals surface area (Å²) in [7, 11) is 0. The van der Waals surface area contributed by atoms with E-state index in [0.29, 0.717) is 0 Å². The Morgan fingerprint density at radius 1 is 1.50 bits per heavy atom. The van der Waals surface area contributed by atoms with Crippen molar-refractivity contribution < 1.29 is 5.11 Å². The average molecular weight is 268 g/mol. The number of nitrogens with zero attached hydrogens (tertiary/aromatic N) is 2. The number of aliphatic hydroxyl groups excluding tert-OH is 1. The number of hydrogen-bond acceptors (Lipinski definition) is 6. The number of thioether (sulfide) groups is 1. The zero-order valence-electron chi connectivity index (χ0n) is 8.21. The van der Waals surface area contributed by atoms with E-state index in [9.17, 15) is 0 Å². The molecule has 0 aliphatic heterocycles. The molecule has 6 heteroatoms. The molecule has 0 amide bonds. The number of hydrogen-bond donors (Lipinski definition) is 1. The lowest BCUT2D eigenvalue weighted by Crippen LogP contribution is -1.80. The molecule has 1 N–H and O–H groups in total. The van der Waals surface area contributed by atoms with Crippen LogP contribution in [-0.2, 0) is 5.75 Å². The van der Waals surface area contributed by atoms with Crippen LogP contribution in [0.25, 0.3) is 0 Å². The molecule has 0 atom stereocenters. The van der Waals surface area contributed by atoms with Gasteiger partial charge in [0.25, 0.3) is 0 Å². The molecule has 0 aromatic carbocycles. The fourth-order valence-electron chi connectivity index (χ4n) is 1.05. The molecule has 2 aromatic heterocycles. The second-order valence-corrected chi connectivity index (χ2v) is 5.72. The summed E-state index contributed by atoms with van der Waals surface area (Å²) in [4.78, 5) is 5.32. The van der Waals surface area contributed by atoms with E-state index in [1.165, 1.54) is 16.4 Å². The Bertz CT molecular complexity index is 496. The highest BCUT2D eigenvalue weighted by Crippen LogP contribution is 2.27. The zero-order valence-corrected chi connectivity index (χ0v) is 10.7. The van der Waals surface area contributed by atoms with Gasteiger partial charge in [-0.2, -0.15) is 4.37 Å². The number of aliphatic hydroxyl groups is 1. The molecule has 0 aliphatic carbocycles. The molecule has 0 bridgehead atoms. The minimum absolute atomic E-state index is 0.0984. The summed E-state index contributed by atoms with van der Waals surface area (Å²) in [5.74, 6) is 6.45. The van der Waals surface area contributed by atoms with Crippen LogP contribution in [0, 0.1) is 11.8 Å². The van der Waals surface area contributed by atoms with Crippen molar-refractivity contribution in [1.82, 2.24) is 9.36 Å². The van der Waals surface area contributed by atoms with Gasteiger partial charge in [0.2, 0.25) is 0 Å². The van der Waals surface area contributed by atoms with Crippen molar-refractivity contribution in [3.63, 3.8) is 0 Å². The van der Waals surface area contributed by atoms with E-state index in [4.69, 9.17) is 5.11 Å². The third-order valence-electron chi connectivity index (χ3n) is 1.72. The van der Waals surface area contributed by atoms with Crippen molar-refractivity contribution >= 4 is 34.6 Å². The molecule has 16 heavy (non-hydrogen) atoms. The Balaban J connectivity index is 2.01. The molecule has 0 saturated carbocycles. The van der Waals surface area contributed by atoms with Crippen LogP contribution >= 0.6 is 34.6 Å². The van der Waals surface area contributed by atoms with Crippen LogP contribution in [-0.4, -0.2) is 21.1 Å². The summed E-state index contributed by atoms with van der Waals surface area (Å²) in [6.45, 7) is -0.0984. The quantitative estimate of drug-likeness (QED) is 0.685. The van der Waals surface area contributed by atoms with Gasteiger partial charge in [0.05, 0.1) is 0 Å². The largest absolute Gasteiger partial charge is 0.384 e. The highest BCUT2D eigenvalue weighted by atomic mass is 32.2. The Kier molecular flexibility index (Phi) is 4.36. The summed E-state index contributed by atoms with van der Waals surface area (Å²) < 4.78 is 4.91. The summed E-state index contributed by atoms with van der Waals surface area (Å²) in [5, 5.41) is 10.7. The Labute approximate surface area is 106 Å². The van der Waals surface area contributed by atoms with Gasteiger partial charge in [-0.05, 0) is 23.0 Å². The summed E-state index contributed by atoms with van der Waals surface area (Å²) in [6, 6.07) is 1.98. The first-order valence-electron chi connectivity index (χ1n) is 4.45. The van der Waals surface area contributed by atoms with Crippen LogP contribution in [0.15, 0.2) is 22.1 Å². The lowest BCUT2D eigenvalue weighted by Gasteiger charge is -1.95. The molecule has 0 saturated heterocycles. The van der Waals surface area contributed by atoms with Gasteiger partial charge in [-0.3, -0.25) is 0 Å². The van der Waals surface area contributed by atoms with Gasteiger partial charge < -0.3 is 5.11 Å². The van der Waals surface area contributed by atoms with Gasteiger partial charge >= 0.3 is 0 Å². The van der Waals surface area contributed by atoms with Crippen molar-refractivity contribution in [2.45, 2.75) is 10.1 Å². The van der Waals surface area contributed by atoms with Gasteiger partial charge in [0, 0.05) is 16.2 Å². The van der Waals surface area contributed by atoms with Crippen molar-refractivity contribution in [1.29, 1.82) is 0 Å². The molecule has 0 spiro atoms. The fourth-order valence-corrected chi connectivity index (χ4v) is 3.44. The van der Waals surface area contributed by atoms with Crippen molar-refractivity contribution in [2.75, 3.05) is 6.61 Å². The van der Waals surface area contributed by atoms with Gasteiger partial charge in [0.15, 0.2) is 4.34 Å². The van der Waals surface area contributed by atoms with E-state index in [1.807, 2.05) is 11.4 Å². The molecule has 0 radical (unpaired) electrons. The number of aromatic nitrogens is 2. The van der Waals surface area contributed by atoms with Crippen LogP contribution in [0.2, 0.25) is 0 Å². The minimum atomic E-state index is -0.0984. The molecule has 3 nitrogen and oxygen atoms in total. The lowest BCUT2D eigenvalue weighted by molar-refractivity contribution is 0.350. The van der Waals surface area contributed by atoms with Crippen molar-refractivity contribution in [3.05, 3.63) is 28.2 Å². The Hall–Kier alpha value is -0.870. The minimum Gasteiger partial charge on any atom is -0.384 e. The molecule has 2 heterocycles. The molecule has 2 rings (SSSR count). The van der Waals surface area contributed by atoms with E-state index < -0.39 is 0 Å². The Morgan fingerprint density at radius 3 is 3.19 bits per heavy atom. The van der Waals surface area contributed by atoms with Crippen molar-refractivity contribution in [2.24, 2.45) is 0 Å². The van der Waals surface area contributed by atoms with Crippen LogP contribution in [0.3, 0.4) is 0 Å². The van der Waals surface area contributed by atoms with Crippen LogP contribution < -0.4 is 0 Å². The van der Waals surface area contributed by atoms with Crippen LogP contribution in [0.5, 0.6) is 0 Å². The highest BCUT2D eigenvalue weighted by molar-refractivity contribution is 8.00. The molecule has 0 aliphatic rings. The molecule has 2 aromatic rings. The third kappa shape index (κ3) is 3.06. The predicted molar refractivity (Wildman–Crippen MR) is 67.8 cm³/mol. The van der Waals surface area contributed by atoms with Gasteiger partial charge in [0.1, 0.15) is 12.9 Å². The van der Waals surface area contributed by atoms with Crippen LogP contribution in [0.1, 0.15) is 10.4 Å². The van der Waals surface area contributed by atoms with E-state index in [0.717, 1.165) is 15.7 Å². The van der Waals surface area contributed by atoms with E-state index in [-0.39, 0.29) is 6.61 Å². The topological polar surface area (TPSA) is 46.0 Å². The Morgan fingerprint density at radius 2 is 2.44 bits per heavy atom. The van der Waals surface area contributed by atoms with E-state index in [2.05, 4.69) is 21.2 Å². The standard InChI is InChI=1S/C10H8N2OS3/c13-4-1-2-8-3-5-14-9(8)6-15-10-11-7-12-16-10/h3,5,7,13H,4,6H2. The first-order valence-corrected chi connectivity index (χ1v) is 7.09. The first kappa shape index (κ1) is 11.6. The second kappa shape index (κ2) is 6.01. The van der Waals surface area contributed by atoms with Crippen molar-refractivity contribution in [3.8, 4) is 11.8 Å². The van der Waals surface area contributed by atoms with E-state index in [1.54, 1.807) is 29.4 Å². The molecule has 0 fully saturated rings. The smallest absolute Gasteiger partial charge is 0.170 e. The normalized spacial score (nSPS) is 9.81. The summed E-state index contributed by atoms with van der Waals surface area (Å²) in [5.41, 5.74) is 0.996. The zero-order chi connectivity index (χ0) is 11.2. The maximum atomic E-state index is 8.64. The summed E-state index contributed by atoms with van der Waals surface area (Å²) in [6.07, 6.45) is 1.56. The SMILES string of the molecule is OCC#Cc1ccsc1CSc1ncns1. The molecular weight excluding hydrogens is 260 g/mol.